The molecule has 0 fully saturated rings. The number of nitrogens with one attached hydrogen (secondary N) is 1. The van der Waals surface area contributed by atoms with E-state index in [1.54, 1.807) is 42.9 Å². The number of hydrogen-bond acceptors (Lipinski definition) is 7. The lowest BCUT2D eigenvalue weighted by molar-refractivity contribution is 0.102. The van der Waals surface area contributed by atoms with Crippen molar-refractivity contribution >= 4 is 33.8 Å². The molecule has 0 saturated heterocycles. The van der Waals surface area contributed by atoms with Crippen LogP contribution in [0.4, 0.5) is 10.8 Å². The van der Waals surface area contributed by atoms with Gasteiger partial charge in [0.15, 0.2) is 16.4 Å². The summed E-state index contributed by atoms with van der Waals surface area (Å²) in [5.74, 6) is -0.339. The molecule has 1 amide bonds. The van der Waals surface area contributed by atoms with Crippen LogP contribution in [0.25, 0.3) is 5.69 Å². The predicted octanol–water partition coefficient (Wildman–Crippen LogP) is 3.23. The number of anilines is 1. The summed E-state index contributed by atoms with van der Waals surface area (Å²) < 4.78 is 3.16. The van der Waals surface area contributed by atoms with Crippen molar-refractivity contribution in [1.82, 2.24) is 19.6 Å². The third-order valence-electron chi connectivity index (χ3n) is 4.74. The fraction of sp³-hybridized carbons (Fsp3) is 0.0909. The Morgan fingerprint density at radius 1 is 1.09 bits per heavy atom. The maximum absolute atomic E-state index is 13.0. The molecule has 0 atom stereocenters. The van der Waals surface area contributed by atoms with Gasteiger partial charge >= 0.3 is 0 Å². The summed E-state index contributed by atoms with van der Waals surface area (Å²) in [7, 11) is 1.75. The summed E-state index contributed by atoms with van der Waals surface area (Å²) in [5, 5.41) is 20.6. The SMILES string of the molecule is Cc1c(N=C(C#N)c2nnc(NC(=O)c3ccccc3)s2)c(=O)n(-c2ccccc2)n1C. The minimum atomic E-state index is -0.355. The average Bonchev–Trinajstić information content (AvgIpc) is 3.36. The van der Waals surface area contributed by atoms with Crippen molar-refractivity contribution in [3.8, 4) is 11.8 Å². The molecule has 2 heterocycles. The third kappa shape index (κ3) is 3.97. The van der Waals surface area contributed by atoms with Crippen LogP contribution in [0.3, 0.4) is 0 Å². The maximum Gasteiger partial charge on any atom is 0.297 e. The Kier molecular flexibility index (Phi) is 5.74. The number of aromatic nitrogens is 4. The van der Waals surface area contributed by atoms with Gasteiger partial charge < -0.3 is 0 Å². The molecule has 4 aromatic rings. The first kappa shape index (κ1) is 20.9. The molecule has 0 bridgehead atoms. The largest absolute Gasteiger partial charge is 0.297 e. The van der Waals surface area contributed by atoms with E-state index in [2.05, 4.69) is 20.5 Å². The Labute approximate surface area is 186 Å². The van der Waals surface area contributed by atoms with E-state index in [4.69, 9.17) is 0 Å². The number of hydrogen-bond donors (Lipinski definition) is 1. The predicted molar refractivity (Wildman–Crippen MR) is 122 cm³/mol. The van der Waals surface area contributed by atoms with Crippen LogP contribution in [-0.4, -0.2) is 31.2 Å². The van der Waals surface area contributed by atoms with Crippen molar-refractivity contribution in [2.75, 3.05) is 5.32 Å². The van der Waals surface area contributed by atoms with Crippen LogP contribution >= 0.6 is 11.3 Å². The minimum Gasteiger partial charge on any atom is -0.296 e. The first-order valence-corrected chi connectivity index (χ1v) is 10.3. The summed E-state index contributed by atoms with van der Waals surface area (Å²) >= 11 is 1.00. The average molecular weight is 443 g/mol. The first-order valence-electron chi connectivity index (χ1n) is 9.52. The maximum atomic E-state index is 13.0. The van der Waals surface area contributed by atoms with Crippen LogP contribution in [0, 0.1) is 18.3 Å². The fourth-order valence-electron chi connectivity index (χ4n) is 3.04. The third-order valence-corrected chi connectivity index (χ3v) is 5.58. The fourth-order valence-corrected chi connectivity index (χ4v) is 3.72. The van der Waals surface area contributed by atoms with E-state index in [0.29, 0.717) is 16.9 Å². The summed E-state index contributed by atoms with van der Waals surface area (Å²) in [5.41, 5.74) is 1.47. The summed E-state index contributed by atoms with van der Waals surface area (Å²) in [6.45, 7) is 1.75. The first-order chi connectivity index (χ1) is 15.5. The van der Waals surface area contributed by atoms with E-state index >= 15 is 0 Å². The number of para-hydroxylation sites is 1. The zero-order valence-corrected chi connectivity index (χ0v) is 18.0. The number of carbonyl (C=O) groups is 1. The molecular formula is C22H17N7O2S. The van der Waals surface area contributed by atoms with E-state index < -0.39 is 0 Å². The van der Waals surface area contributed by atoms with Gasteiger partial charge in [0.25, 0.3) is 11.5 Å². The Bertz CT molecular complexity index is 1410. The quantitative estimate of drug-likeness (QED) is 0.475. The Balaban J connectivity index is 1.66. The van der Waals surface area contributed by atoms with Crippen LogP contribution in [0.15, 0.2) is 70.5 Å². The number of nitrogens with zero attached hydrogens (tertiary/aromatic N) is 6. The van der Waals surface area contributed by atoms with E-state index in [9.17, 15) is 14.9 Å². The van der Waals surface area contributed by atoms with Crippen molar-refractivity contribution < 1.29 is 4.79 Å². The van der Waals surface area contributed by atoms with Crippen molar-refractivity contribution in [2.24, 2.45) is 12.0 Å². The van der Waals surface area contributed by atoms with Gasteiger partial charge in [-0.25, -0.2) is 9.67 Å². The number of carbonyl (C=O) groups excluding carboxylic acids is 1. The zero-order valence-electron chi connectivity index (χ0n) is 17.2. The molecule has 0 aliphatic heterocycles. The van der Waals surface area contributed by atoms with Gasteiger partial charge in [0.05, 0.1) is 11.4 Å². The second kappa shape index (κ2) is 8.79. The standard InChI is InChI=1S/C22H17N7O2S/c1-14-18(21(31)29(28(14)2)16-11-7-4-8-12-16)24-17(13-23)20-26-27-22(32-20)25-19(30)15-9-5-3-6-10-15/h3-12H,1-2H3,(H,25,27,30). The molecule has 0 aliphatic carbocycles. The van der Waals surface area contributed by atoms with Gasteiger partial charge in [0.2, 0.25) is 5.13 Å². The highest BCUT2D eigenvalue weighted by molar-refractivity contribution is 7.17. The minimum absolute atomic E-state index is 0.0614. The molecule has 9 nitrogen and oxygen atoms in total. The number of amides is 1. The van der Waals surface area contributed by atoms with Gasteiger partial charge in [-0.05, 0) is 31.2 Å². The van der Waals surface area contributed by atoms with Crippen LogP contribution in [0.2, 0.25) is 0 Å². The van der Waals surface area contributed by atoms with Crippen molar-refractivity contribution in [3.63, 3.8) is 0 Å². The van der Waals surface area contributed by atoms with Gasteiger partial charge in [0.1, 0.15) is 6.07 Å². The molecule has 2 aromatic heterocycles. The second-order valence-corrected chi connectivity index (χ2v) is 7.69. The van der Waals surface area contributed by atoms with E-state index in [1.807, 2.05) is 42.5 Å². The second-order valence-electron chi connectivity index (χ2n) is 6.71. The van der Waals surface area contributed by atoms with Gasteiger partial charge in [-0.2, -0.15) is 5.26 Å². The molecular weight excluding hydrogens is 426 g/mol. The molecule has 0 unspecified atom stereocenters. The Hall–Kier alpha value is -4.36. The van der Waals surface area contributed by atoms with E-state index in [-0.39, 0.29) is 33.0 Å². The van der Waals surface area contributed by atoms with E-state index in [0.717, 1.165) is 11.3 Å². The topological polar surface area (TPSA) is 118 Å². The van der Waals surface area contributed by atoms with E-state index in [1.165, 1.54) is 4.68 Å². The highest BCUT2D eigenvalue weighted by Gasteiger charge is 2.19. The highest BCUT2D eigenvalue weighted by Crippen LogP contribution is 2.21. The van der Waals surface area contributed by atoms with Gasteiger partial charge in [-0.3, -0.25) is 19.6 Å². The van der Waals surface area contributed by atoms with Crippen molar-refractivity contribution in [3.05, 3.63) is 87.3 Å². The molecule has 0 spiro atoms. The van der Waals surface area contributed by atoms with Gasteiger partial charge in [0, 0.05) is 12.6 Å². The molecule has 32 heavy (non-hydrogen) atoms. The molecule has 0 aliphatic rings. The summed E-state index contributed by atoms with van der Waals surface area (Å²) in [6, 6.07) is 19.8. The monoisotopic (exact) mass is 443 g/mol. The van der Waals surface area contributed by atoms with Gasteiger partial charge in [-0.1, -0.05) is 47.7 Å². The Morgan fingerprint density at radius 3 is 2.41 bits per heavy atom. The molecule has 0 saturated carbocycles. The normalized spacial score (nSPS) is 11.2. The number of rotatable bonds is 5. The number of aliphatic imine (C=N–C) groups is 1. The molecule has 0 radical (unpaired) electrons. The van der Waals surface area contributed by atoms with Crippen LogP contribution in [-0.2, 0) is 7.05 Å². The lowest BCUT2D eigenvalue weighted by atomic mass is 10.2. The Morgan fingerprint density at radius 2 is 1.75 bits per heavy atom. The summed E-state index contributed by atoms with van der Waals surface area (Å²) in [4.78, 5) is 29.6. The lowest BCUT2D eigenvalue weighted by Crippen LogP contribution is -2.19. The van der Waals surface area contributed by atoms with Crippen LogP contribution < -0.4 is 10.9 Å². The molecule has 1 N–H and O–H groups in total. The van der Waals surface area contributed by atoms with Crippen molar-refractivity contribution in [1.29, 1.82) is 5.26 Å². The molecule has 2 aromatic carbocycles. The molecule has 158 valence electrons. The van der Waals surface area contributed by atoms with Gasteiger partial charge in [-0.15, -0.1) is 10.2 Å². The number of benzene rings is 2. The van der Waals surface area contributed by atoms with Crippen molar-refractivity contribution in [2.45, 2.75) is 6.92 Å². The zero-order chi connectivity index (χ0) is 22.7. The number of nitriles is 1. The molecule has 4 rings (SSSR count). The summed E-state index contributed by atoms with van der Waals surface area (Å²) in [6.07, 6.45) is 0. The van der Waals surface area contributed by atoms with Crippen LogP contribution in [0.1, 0.15) is 21.1 Å². The highest BCUT2D eigenvalue weighted by atomic mass is 32.1. The van der Waals surface area contributed by atoms with Crippen LogP contribution in [0.5, 0.6) is 0 Å². The molecule has 10 heteroatoms. The smallest absolute Gasteiger partial charge is 0.296 e. The lowest BCUT2D eigenvalue weighted by Gasteiger charge is -2.07.